The summed E-state index contributed by atoms with van der Waals surface area (Å²) in [6.45, 7) is 1.91. The van der Waals surface area contributed by atoms with Gasteiger partial charge in [-0.3, -0.25) is 4.79 Å². The van der Waals surface area contributed by atoms with Gasteiger partial charge in [-0.05, 0) is 25.3 Å². The van der Waals surface area contributed by atoms with Gasteiger partial charge in [0.05, 0.1) is 6.61 Å². The summed E-state index contributed by atoms with van der Waals surface area (Å²) in [5.41, 5.74) is 0. The second kappa shape index (κ2) is 9.26. The van der Waals surface area contributed by atoms with E-state index in [1.54, 1.807) is 18.2 Å². The van der Waals surface area contributed by atoms with E-state index in [0.717, 1.165) is 0 Å². The molecule has 6 heteroatoms. The van der Waals surface area contributed by atoms with Crippen molar-refractivity contribution < 1.29 is 14.3 Å². The van der Waals surface area contributed by atoms with Gasteiger partial charge in [0.2, 0.25) is 5.91 Å². The number of rotatable bonds is 8. The Hall–Kier alpha value is -0.720. The maximum atomic E-state index is 13.4. The van der Waals surface area contributed by atoms with Crippen molar-refractivity contribution in [3.05, 3.63) is 30.1 Å². The number of carbonyl (C=O) groups is 1. The Labute approximate surface area is 127 Å². The van der Waals surface area contributed by atoms with Crippen molar-refractivity contribution in [2.24, 2.45) is 0 Å². The largest absolute Gasteiger partial charge is 0.395 e. The third-order valence-corrected chi connectivity index (χ3v) is 5.07. The molecule has 0 heterocycles. The highest BCUT2D eigenvalue weighted by atomic mass is 32.2. The summed E-state index contributed by atoms with van der Waals surface area (Å²) in [7, 11) is 0. The van der Waals surface area contributed by atoms with E-state index < -0.39 is 0 Å². The lowest BCUT2D eigenvalue weighted by atomic mass is 10.2. The molecule has 0 saturated heterocycles. The predicted octanol–water partition coefficient (Wildman–Crippen LogP) is 2.54. The van der Waals surface area contributed by atoms with Gasteiger partial charge in [-0.15, -0.1) is 11.8 Å². The second-order valence-corrected chi connectivity index (χ2v) is 6.56. The molecule has 0 radical (unpaired) electrons. The molecule has 0 spiro atoms. The number of benzene rings is 1. The highest BCUT2D eigenvalue weighted by Crippen LogP contribution is 2.21. The van der Waals surface area contributed by atoms with E-state index in [-0.39, 0.29) is 29.6 Å². The Balaban J connectivity index is 2.32. The maximum absolute atomic E-state index is 13.4. The van der Waals surface area contributed by atoms with Gasteiger partial charge in [0, 0.05) is 28.4 Å². The zero-order chi connectivity index (χ0) is 15.0. The molecule has 20 heavy (non-hydrogen) atoms. The standard InChI is InChI=1S/C14H20FNO2S2/c1-10(13(9-17)19-2)16-14(18)7-8-20-12-6-4-3-5-11(12)15/h3-6,10,13,17H,7-9H2,1-2H3,(H,16,18). The van der Waals surface area contributed by atoms with Crippen molar-refractivity contribution >= 4 is 29.4 Å². The molecule has 0 fully saturated rings. The van der Waals surface area contributed by atoms with Crippen molar-refractivity contribution in [1.29, 1.82) is 0 Å². The van der Waals surface area contributed by atoms with Crippen molar-refractivity contribution in [2.45, 2.75) is 29.5 Å². The monoisotopic (exact) mass is 317 g/mol. The van der Waals surface area contributed by atoms with E-state index >= 15 is 0 Å². The topological polar surface area (TPSA) is 49.3 Å². The first kappa shape index (κ1) is 17.3. The van der Waals surface area contributed by atoms with E-state index in [1.807, 2.05) is 13.2 Å². The fourth-order valence-corrected chi connectivity index (χ4v) is 3.18. The van der Waals surface area contributed by atoms with Crippen LogP contribution >= 0.6 is 23.5 Å². The Kier molecular flexibility index (Phi) is 8.02. The molecule has 0 aliphatic heterocycles. The molecule has 3 nitrogen and oxygen atoms in total. The van der Waals surface area contributed by atoms with E-state index in [0.29, 0.717) is 17.1 Å². The van der Waals surface area contributed by atoms with Crippen LogP contribution in [0.1, 0.15) is 13.3 Å². The van der Waals surface area contributed by atoms with Crippen molar-refractivity contribution in [3.8, 4) is 0 Å². The fraction of sp³-hybridized carbons (Fsp3) is 0.500. The van der Waals surface area contributed by atoms with Gasteiger partial charge in [0.25, 0.3) is 0 Å². The lowest BCUT2D eigenvalue weighted by Gasteiger charge is -2.21. The first-order chi connectivity index (χ1) is 9.58. The molecule has 1 aromatic carbocycles. The van der Waals surface area contributed by atoms with Crippen LogP contribution in [0.15, 0.2) is 29.2 Å². The highest BCUT2D eigenvalue weighted by molar-refractivity contribution is 7.99. The van der Waals surface area contributed by atoms with Gasteiger partial charge in [0.15, 0.2) is 0 Å². The zero-order valence-corrected chi connectivity index (χ0v) is 13.3. The van der Waals surface area contributed by atoms with Crippen LogP contribution < -0.4 is 5.32 Å². The van der Waals surface area contributed by atoms with E-state index in [1.165, 1.54) is 29.6 Å². The van der Waals surface area contributed by atoms with Crippen LogP contribution in [-0.2, 0) is 4.79 Å². The normalized spacial score (nSPS) is 13.8. The molecule has 0 saturated carbocycles. The summed E-state index contributed by atoms with van der Waals surface area (Å²) < 4.78 is 13.4. The van der Waals surface area contributed by atoms with Gasteiger partial charge in [-0.25, -0.2) is 4.39 Å². The minimum atomic E-state index is -0.256. The number of halogens is 1. The van der Waals surface area contributed by atoms with Crippen LogP contribution in [0.2, 0.25) is 0 Å². The summed E-state index contributed by atoms with van der Waals surface area (Å²) in [6.07, 6.45) is 2.23. The SMILES string of the molecule is CSC(CO)C(C)NC(=O)CCSc1ccccc1F. The molecule has 1 amide bonds. The number of hydrogen-bond donors (Lipinski definition) is 2. The van der Waals surface area contributed by atoms with Crippen LogP contribution in [0, 0.1) is 5.82 Å². The van der Waals surface area contributed by atoms with Gasteiger partial charge in [0.1, 0.15) is 5.82 Å². The maximum Gasteiger partial charge on any atom is 0.221 e. The minimum Gasteiger partial charge on any atom is -0.395 e. The lowest BCUT2D eigenvalue weighted by Crippen LogP contribution is -2.41. The Bertz CT molecular complexity index is 427. The van der Waals surface area contributed by atoms with Gasteiger partial charge in [-0.1, -0.05) is 12.1 Å². The summed E-state index contributed by atoms with van der Waals surface area (Å²) >= 11 is 2.86. The van der Waals surface area contributed by atoms with Crippen molar-refractivity contribution in [3.63, 3.8) is 0 Å². The van der Waals surface area contributed by atoms with Crippen LogP contribution in [0.3, 0.4) is 0 Å². The van der Waals surface area contributed by atoms with E-state index in [4.69, 9.17) is 5.11 Å². The number of nitrogens with one attached hydrogen (secondary N) is 1. The predicted molar refractivity (Wildman–Crippen MR) is 83.7 cm³/mol. The molecule has 2 atom stereocenters. The van der Waals surface area contributed by atoms with Crippen LogP contribution in [0.25, 0.3) is 0 Å². The van der Waals surface area contributed by atoms with Gasteiger partial charge >= 0.3 is 0 Å². The number of thioether (sulfide) groups is 2. The molecule has 0 bridgehead atoms. The number of amides is 1. The fourth-order valence-electron chi connectivity index (χ4n) is 1.67. The summed E-state index contributed by atoms with van der Waals surface area (Å²) in [5, 5.41) is 12.0. The average molecular weight is 317 g/mol. The first-order valence-electron chi connectivity index (χ1n) is 6.38. The van der Waals surface area contributed by atoms with Crippen molar-refractivity contribution in [2.75, 3.05) is 18.6 Å². The quantitative estimate of drug-likeness (QED) is 0.724. The molecule has 0 aliphatic carbocycles. The van der Waals surface area contributed by atoms with Gasteiger partial charge < -0.3 is 10.4 Å². The van der Waals surface area contributed by atoms with E-state index in [9.17, 15) is 9.18 Å². The third kappa shape index (κ3) is 5.73. The Morgan fingerprint density at radius 2 is 2.15 bits per heavy atom. The minimum absolute atomic E-state index is 0.00169. The molecule has 2 unspecified atom stereocenters. The lowest BCUT2D eigenvalue weighted by molar-refractivity contribution is -0.121. The number of carbonyl (C=O) groups excluding carboxylic acids is 1. The average Bonchev–Trinajstić information content (AvgIpc) is 2.42. The zero-order valence-electron chi connectivity index (χ0n) is 11.6. The highest BCUT2D eigenvalue weighted by Gasteiger charge is 2.17. The Morgan fingerprint density at radius 1 is 1.45 bits per heavy atom. The van der Waals surface area contributed by atoms with Crippen molar-refractivity contribution in [1.82, 2.24) is 5.32 Å². The number of hydrogen-bond acceptors (Lipinski definition) is 4. The van der Waals surface area contributed by atoms with Crippen LogP contribution in [-0.4, -0.2) is 40.9 Å². The summed E-state index contributed by atoms with van der Waals surface area (Å²) in [5.74, 6) is 0.200. The molecule has 112 valence electrons. The first-order valence-corrected chi connectivity index (χ1v) is 8.66. The van der Waals surface area contributed by atoms with E-state index in [2.05, 4.69) is 5.32 Å². The molecule has 2 N–H and O–H groups in total. The second-order valence-electron chi connectivity index (χ2n) is 4.34. The summed E-state index contributed by atoms with van der Waals surface area (Å²) in [4.78, 5) is 12.3. The molecule has 1 aromatic rings. The molecular weight excluding hydrogens is 297 g/mol. The summed E-state index contributed by atoms with van der Waals surface area (Å²) in [6, 6.07) is 6.45. The smallest absolute Gasteiger partial charge is 0.221 e. The number of aliphatic hydroxyl groups excluding tert-OH is 1. The molecule has 1 rings (SSSR count). The number of aliphatic hydroxyl groups is 1. The van der Waals surface area contributed by atoms with Gasteiger partial charge in [-0.2, -0.15) is 11.8 Å². The third-order valence-electron chi connectivity index (χ3n) is 2.85. The Morgan fingerprint density at radius 3 is 2.75 bits per heavy atom. The van der Waals surface area contributed by atoms with Crippen LogP contribution in [0.4, 0.5) is 4.39 Å². The molecule has 0 aromatic heterocycles. The molecular formula is C14H20FNO2S2. The molecule has 0 aliphatic rings. The van der Waals surface area contributed by atoms with Crippen LogP contribution in [0.5, 0.6) is 0 Å².